The highest BCUT2D eigenvalue weighted by Gasteiger charge is 2.10. The van der Waals surface area contributed by atoms with Gasteiger partial charge in [0.05, 0.1) is 0 Å². The van der Waals surface area contributed by atoms with Crippen LogP contribution < -0.4 is 10.1 Å². The van der Waals surface area contributed by atoms with Crippen molar-refractivity contribution >= 4 is 0 Å². The van der Waals surface area contributed by atoms with Gasteiger partial charge in [-0.05, 0) is 42.8 Å². The van der Waals surface area contributed by atoms with Gasteiger partial charge in [0.2, 0.25) is 0 Å². The second-order valence-electron chi connectivity index (χ2n) is 7.88. The molecular weight excluding hydrogens is 372 g/mol. The van der Waals surface area contributed by atoms with Crippen LogP contribution >= 0.6 is 0 Å². The molecule has 0 saturated heterocycles. The number of nitrogens with zero attached hydrogens (tertiary/aromatic N) is 1. The topological polar surface area (TPSA) is 44.7 Å². The van der Waals surface area contributed by atoms with E-state index in [1.165, 1.54) is 22.3 Å². The van der Waals surface area contributed by atoms with Crippen molar-refractivity contribution in [3.8, 4) is 5.75 Å². The smallest absolute Gasteiger partial charge is 0.119 e. The number of benzene rings is 3. The van der Waals surface area contributed by atoms with Crippen molar-refractivity contribution < 1.29 is 9.84 Å². The van der Waals surface area contributed by atoms with Gasteiger partial charge in [-0.15, -0.1) is 0 Å². The molecule has 3 aromatic carbocycles. The molecule has 4 heteroatoms. The molecule has 0 aromatic heterocycles. The second-order valence-corrected chi connectivity index (χ2v) is 7.88. The van der Waals surface area contributed by atoms with Crippen molar-refractivity contribution in [1.82, 2.24) is 10.2 Å². The maximum absolute atomic E-state index is 10.3. The van der Waals surface area contributed by atoms with Crippen LogP contribution in [0, 0.1) is 6.92 Å². The monoisotopic (exact) mass is 404 g/mol. The van der Waals surface area contributed by atoms with E-state index < -0.39 is 6.10 Å². The average molecular weight is 405 g/mol. The summed E-state index contributed by atoms with van der Waals surface area (Å²) in [4.78, 5) is 2.10. The molecule has 0 fully saturated rings. The Kier molecular flexibility index (Phi) is 8.45. The number of likely N-dealkylation sites (N-methyl/N-ethyl adjacent to an activating group) is 1. The molecular formula is C26H32N2O2. The molecule has 0 heterocycles. The fourth-order valence-corrected chi connectivity index (χ4v) is 3.44. The molecule has 30 heavy (non-hydrogen) atoms. The highest BCUT2D eigenvalue weighted by atomic mass is 16.5. The third-order valence-electron chi connectivity index (χ3n) is 4.92. The standard InChI is InChI=1S/C26H32N2O2/c1-21-7-6-10-24(15-21)17-27-16-22-11-13-26(14-12-22)30-20-25(29)19-28(2)18-23-8-4-3-5-9-23/h3-15,25,27,29H,16-20H2,1-2H3/t25-/m1/s1. The van der Waals surface area contributed by atoms with Gasteiger partial charge in [-0.1, -0.05) is 72.3 Å². The normalized spacial score (nSPS) is 12.1. The summed E-state index contributed by atoms with van der Waals surface area (Å²) >= 11 is 0. The Balaban J connectivity index is 1.36. The number of ether oxygens (including phenoxy) is 1. The van der Waals surface area contributed by atoms with E-state index in [1.54, 1.807) is 0 Å². The Morgan fingerprint density at radius 3 is 2.30 bits per heavy atom. The van der Waals surface area contributed by atoms with Crippen LogP contribution in [0.5, 0.6) is 5.75 Å². The van der Waals surface area contributed by atoms with Gasteiger partial charge in [-0.3, -0.25) is 4.90 Å². The van der Waals surface area contributed by atoms with E-state index in [-0.39, 0.29) is 6.61 Å². The Morgan fingerprint density at radius 1 is 0.867 bits per heavy atom. The van der Waals surface area contributed by atoms with Crippen LogP contribution in [-0.2, 0) is 19.6 Å². The minimum atomic E-state index is -0.533. The molecule has 1 atom stereocenters. The van der Waals surface area contributed by atoms with Crippen LogP contribution in [0.4, 0.5) is 0 Å². The van der Waals surface area contributed by atoms with Gasteiger partial charge in [0, 0.05) is 26.2 Å². The lowest BCUT2D eigenvalue weighted by atomic mass is 10.1. The number of aliphatic hydroxyl groups is 1. The molecule has 3 rings (SSSR count). The molecule has 4 nitrogen and oxygen atoms in total. The van der Waals surface area contributed by atoms with Crippen LogP contribution in [-0.4, -0.2) is 36.3 Å². The maximum atomic E-state index is 10.3. The van der Waals surface area contributed by atoms with Gasteiger partial charge in [-0.2, -0.15) is 0 Å². The molecule has 0 unspecified atom stereocenters. The Bertz CT molecular complexity index is 881. The van der Waals surface area contributed by atoms with Crippen LogP contribution in [0.15, 0.2) is 78.9 Å². The summed E-state index contributed by atoms with van der Waals surface area (Å²) in [6.07, 6.45) is -0.533. The van der Waals surface area contributed by atoms with Gasteiger partial charge < -0.3 is 15.2 Å². The highest BCUT2D eigenvalue weighted by molar-refractivity contribution is 5.27. The molecule has 0 saturated carbocycles. The third-order valence-corrected chi connectivity index (χ3v) is 4.92. The summed E-state index contributed by atoms with van der Waals surface area (Å²) in [5.74, 6) is 0.780. The van der Waals surface area contributed by atoms with Crippen molar-refractivity contribution in [2.45, 2.75) is 32.7 Å². The molecule has 158 valence electrons. The van der Waals surface area contributed by atoms with Crippen molar-refractivity contribution in [3.63, 3.8) is 0 Å². The Morgan fingerprint density at radius 2 is 1.57 bits per heavy atom. The number of aliphatic hydroxyl groups excluding tert-OH is 1. The summed E-state index contributed by atoms with van der Waals surface area (Å²) in [5, 5.41) is 13.8. The van der Waals surface area contributed by atoms with Crippen LogP contribution in [0.2, 0.25) is 0 Å². The first-order valence-electron chi connectivity index (χ1n) is 10.5. The molecule has 0 aliphatic carbocycles. The molecule has 0 aliphatic rings. The maximum Gasteiger partial charge on any atom is 0.119 e. The van der Waals surface area contributed by atoms with Crippen LogP contribution in [0.3, 0.4) is 0 Å². The predicted molar refractivity (Wildman–Crippen MR) is 122 cm³/mol. The first-order chi connectivity index (χ1) is 14.6. The summed E-state index contributed by atoms with van der Waals surface area (Å²) in [5.41, 5.74) is 5.02. The van der Waals surface area contributed by atoms with Crippen molar-refractivity contribution in [3.05, 3.63) is 101 Å². The van der Waals surface area contributed by atoms with E-state index in [0.717, 1.165) is 25.4 Å². The van der Waals surface area contributed by atoms with Crippen LogP contribution in [0.1, 0.15) is 22.3 Å². The summed E-state index contributed by atoms with van der Waals surface area (Å²) in [7, 11) is 2.01. The average Bonchev–Trinajstić information content (AvgIpc) is 2.74. The molecule has 0 spiro atoms. The fourth-order valence-electron chi connectivity index (χ4n) is 3.44. The SMILES string of the molecule is Cc1cccc(CNCc2ccc(OC[C@H](O)CN(C)Cc3ccccc3)cc2)c1. The van der Waals surface area contributed by atoms with Crippen molar-refractivity contribution in [2.24, 2.45) is 0 Å². The zero-order valence-corrected chi connectivity index (χ0v) is 17.9. The highest BCUT2D eigenvalue weighted by Crippen LogP contribution is 2.13. The number of hydrogen-bond acceptors (Lipinski definition) is 4. The van der Waals surface area contributed by atoms with Gasteiger partial charge in [0.1, 0.15) is 18.5 Å². The van der Waals surface area contributed by atoms with Crippen molar-refractivity contribution in [2.75, 3.05) is 20.2 Å². The zero-order valence-electron chi connectivity index (χ0n) is 17.9. The number of hydrogen-bond donors (Lipinski definition) is 2. The number of rotatable bonds is 11. The van der Waals surface area contributed by atoms with Crippen LogP contribution in [0.25, 0.3) is 0 Å². The quantitative estimate of drug-likeness (QED) is 0.504. The lowest BCUT2D eigenvalue weighted by Gasteiger charge is -2.21. The number of nitrogens with one attached hydrogen (secondary N) is 1. The second kappa shape index (κ2) is 11.5. The fraction of sp³-hybridized carbons (Fsp3) is 0.308. The van der Waals surface area contributed by atoms with E-state index in [2.05, 4.69) is 65.7 Å². The minimum absolute atomic E-state index is 0.282. The van der Waals surface area contributed by atoms with E-state index in [9.17, 15) is 5.11 Å². The molecule has 0 bridgehead atoms. The largest absolute Gasteiger partial charge is 0.491 e. The zero-order chi connectivity index (χ0) is 21.2. The van der Waals surface area contributed by atoms with E-state index in [1.807, 2.05) is 37.4 Å². The predicted octanol–water partition coefficient (Wildman–Crippen LogP) is 4.16. The molecule has 2 N–H and O–H groups in total. The summed E-state index contributed by atoms with van der Waals surface area (Å²) in [6.45, 7) is 5.42. The molecule has 3 aromatic rings. The number of aryl methyl sites for hydroxylation is 1. The summed E-state index contributed by atoms with van der Waals surface area (Å²) in [6, 6.07) is 26.9. The minimum Gasteiger partial charge on any atom is -0.491 e. The van der Waals surface area contributed by atoms with Crippen molar-refractivity contribution in [1.29, 1.82) is 0 Å². The first kappa shape index (κ1) is 22.0. The lowest BCUT2D eigenvalue weighted by molar-refractivity contribution is 0.0744. The van der Waals surface area contributed by atoms with Gasteiger partial charge in [0.15, 0.2) is 0 Å². The molecule has 0 amide bonds. The van der Waals surface area contributed by atoms with E-state index in [0.29, 0.717) is 6.54 Å². The molecule has 0 radical (unpaired) electrons. The van der Waals surface area contributed by atoms with Gasteiger partial charge in [-0.25, -0.2) is 0 Å². The third kappa shape index (κ3) is 7.64. The first-order valence-corrected chi connectivity index (χ1v) is 10.5. The Hall–Kier alpha value is -2.66. The van der Waals surface area contributed by atoms with Gasteiger partial charge >= 0.3 is 0 Å². The van der Waals surface area contributed by atoms with E-state index >= 15 is 0 Å². The Labute approximate surface area is 180 Å². The summed E-state index contributed by atoms with van der Waals surface area (Å²) < 4.78 is 5.76. The van der Waals surface area contributed by atoms with Gasteiger partial charge in [0.25, 0.3) is 0 Å². The molecule has 0 aliphatic heterocycles. The van der Waals surface area contributed by atoms with E-state index in [4.69, 9.17) is 4.74 Å². The lowest BCUT2D eigenvalue weighted by Crippen LogP contribution is -2.32.